The number of carbonyl (C=O) groups is 1. The second-order valence-electron chi connectivity index (χ2n) is 7.43. The molecule has 26 heavy (non-hydrogen) atoms. The summed E-state index contributed by atoms with van der Waals surface area (Å²) in [5.74, 6) is 0.899. The van der Waals surface area contributed by atoms with Crippen molar-refractivity contribution in [2.24, 2.45) is 5.92 Å². The van der Waals surface area contributed by atoms with Crippen LogP contribution in [0.15, 0.2) is 24.3 Å². The van der Waals surface area contributed by atoms with Crippen LogP contribution in [0, 0.1) is 5.92 Å². The standard InChI is InChI=1S/C21H28N2O3/c1-2-3-10-22-11-8-16(9-12-22)15-26-21(24)19-17-6-4-5-7-18(17)23-13-14-25-20(19)23/h4-7,16H,2-3,8-15H2,1H3. The van der Waals surface area contributed by atoms with Gasteiger partial charge in [-0.2, -0.15) is 0 Å². The summed E-state index contributed by atoms with van der Waals surface area (Å²) in [6.07, 6.45) is 4.74. The molecule has 0 atom stereocenters. The molecule has 0 unspecified atom stereocenters. The zero-order chi connectivity index (χ0) is 17.9. The SMILES string of the molecule is CCCCN1CCC(COC(=O)c2c3n(c4ccccc24)CCO3)CC1. The van der Waals surface area contributed by atoms with Gasteiger partial charge in [-0.25, -0.2) is 4.79 Å². The van der Waals surface area contributed by atoms with Crippen molar-refractivity contribution in [2.75, 3.05) is 32.8 Å². The Kier molecular flexibility index (Phi) is 5.16. The fourth-order valence-electron chi connectivity index (χ4n) is 4.11. The lowest BCUT2D eigenvalue weighted by molar-refractivity contribution is 0.0371. The maximum Gasteiger partial charge on any atom is 0.344 e. The molecular formula is C21H28N2O3. The molecule has 5 nitrogen and oxygen atoms in total. The Bertz CT molecular complexity index is 775. The second-order valence-corrected chi connectivity index (χ2v) is 7.43. The van der Waals surface area contributed by atoms with Crippen LogP contribution in [0.25, 0.3) is 10.9 Å². The number of ether oxygens (including phenoxy) is 2. The van der Waals surface area contributed by atoms with E-state index in [-0.39, 0.29) is 5.97 Å². The summed E-state index contributed by atoms with van der Waals surface area (Å²) in [4.78, 5) is 15.3. The quantitative estimate of drug-likeness (QED) is 0.740. The van der Waals surface area contributed by atoms with Gasteiger partial charge in [0.25, 0.3) is 0 Å². The Hall–Kier alpha value is -2.01. The fraction of sp³-hybridized carbons (Fsp3) is 0.571. The van der Waals surface area contributed by atoms with E-state index in [1.54, 1.807) is 0 Å². The maximum absolute atomic E-state index is 12.8. The third kappa shape index (κ3) is 3.32. The first kappa shape index (κ1) is 17.4. The molecule has 1 aromatic heterocycles. The van der Waals surface area contributed by atoms with Gasteiger partial charge in [-0.05, 0) is 50.9 Å². The largest absolute Gasteiger partial charge is 0.476 e. The van der Waals surface area contributed by atoms with Crippen LogP contribution in [0.4, 0.5) is 0 Å². The highest BCUT2D eigenvalue weighted by Crippen LogP contribution is 2.35. The number of likely N-dealkylation sites (tertiary alicyclic amines) is 1. The molecule has 1 aromatic carbocycles. The summed E-state index contributed by atoms with van der Waals surface area (Å²) in [7, 11) is 0. The highest BCUT2D eigenvalue weighted by Gasteiger charge is 2.29. The number of hydrogen-bond donors (Lipinski definition) is 0. The predicted molar refractivity (Wildman–Crippen MR) is 102 cm³/mol. The van der Waals surface area contributed by atoms with E-state index in [9.17, 15) is 4.79 Å². The van der Waals surface area contributed by atoms with E-state index in [1.807, 2.05) is 24.3 Å². The molecule has 0 amide bonds. The van der Waals surface area contributed by atoms with Crippen LogP contribution < -0.4 is 4.74 Å². The van der Waals surface area contributed by atoms with Crippen LogP contribution in [0.3, 0.4) is 0 Å². The van der Waals surface area contributed by atoms with E-state index in [0.717, 1.165) is 43.4 Å². The van der Waals surface area contributed by atoms with Crippen LogP contribution in [-0.4, -0.2) is 48.3 Å². The molecule has 1 saturated heterocycles. The first-order valence-electron chi connectivity index (χ1n) is 9.91. The lowest BCUT2D eigenvalue weighted by atomic mass is 9.97. The number of fused-ring (bicyclic) bond motifs is 3. The van der Waals surface area contributed by atoms with Crippen LogP contribution in [0.1, 0.15) is 43.0 Å². The van der Waals surface area contributed by atoms with E-state index >= 15 is 0 Å². The summed E-state index contributed by atoms with van der Waals surface area (Å²) in [6.45, 7) is 7.60. The van der Waals surface area contributed by atoms with Crippen molar-refractivity contribution >= 4 is 16.9 Å². The van der Waals surface area contributed by atoms with Gasteiger partial charge < -0.3 is 18.9 Å². The highest BCUT2D eigenvalue weighted by molar-refractivity contribution is 6.07. The number of nitrogens with zero attached hydrogens (tertiary/aromatic N) is 2. The number of unbranched alkanes of at least 4 members (excludes halogenated alkanes) is 1. The number of aromatic nitrogens is 1. The number of hydrogen-bond acceptors (Lipinski definition) is 4. The van der Waals surface area contributed by atoms with E-state index in [1.165, 1.54) is 19.4 Å². The average Bonchev–Trinajstić information content (AvgIpc) is 3.26. The van der Waals surface area contributed by atoms with Crippen LogP contribution in [0.5, 0.6) is 5.88 Å². The van der Waals surface area contributed by atoms with Crippen molar-refractivity contribution in [3.05, 3.63) is 29.8 Å². The molecule has 4 rings (SSSR count). The topological polar surface area (TPSA) is 43.7 Å². The Morgan fingerprint density at radius 3 is 2.85 bits per heavy atom. The van der Waals surface area contributed by atoms with Crippen molar-refractivity contribution in [3.8, 4) is 5.88 Å². The molecule has 140 valence electrons. The van der Waals surface area contributed by atoms with Gasteiger partial charge in [0.15, 0.2) is 0 Å². The van der Waals surface area contributed by atoms with Crippen molar-refractivity contribution in [3.63, 3.8) is 0 Å². The fourth-order valence-corrected chi connectivity index (χ4v) is 4.11. The average molecular weight is 356 g/mol. The maximum atomic E-state index is 12.8. The van der Waals surface area contributed by atoms with Gasteiger partial charge in [0.05, 0.1) is 18.7 Å². The number of benzene rings is 1. The van der Waals surface area contributed by atoms with E-state index in [0.29, 0.717) is 30.6 Å². The Morgan fingerprint density at radius 1 is 1.23 bits per heavy atom. The van der Waals surface area contributed by atoms with Crippen LogP contribution in [0.2, 0.25) is 0 Å². The molecule has 5 heteroatoms. The van der Waals surface area contributed by atoms with Gasteiger partial charge in [-0.15, -0.1) is 0 Å². The molecule has 0 saturated carbocycles. The smallest absolute Gasteiger partial charge is 0.344 e. The minimum absolute atomic E-state index is 0.245. The number of esters is 1. The van der Waals surface area contributed by atoms with Crippen molar-refractivity contribution < 1.29 is 14.3 Å². The Labute approximate surface area is 154 Å². The number of carbonyl (C=O) groups excluding carboxylic acids is 1. The molecule has 2 aliphatic heterocycles. The van der Waals surface area contributed by atoms with Crippen molar-refractivity contribution in [1.82, 2.24) is 9.47 Å². The minimum Gasteiger partial charge on any atom is -0.476 e. The third-order valence-corrected chi connectivity index (χ3v) is 5.67. The third-order valence-electron chi connectivity index (χ3n) is 5.67. The molecule has 3 heterocycles. The molecular weight excluding hydrogens is 328 g/mol. The number of rotatable bonds is 6. The van der Waals surface area contributed by atoms with Gasteiger partial charge in [-0.3, -0.25) is 0 Å². The van der Waals surface area contributed by atoms with Crippen LogP contribution in [-0.2, 0) is 11.3 Å². The van der Waals surface area contributed by atoms with Gasteiger partial charge >= 0.3 is 5.97 Å². The molecule has 1 fully saturated rings. The van der Waals surface area contributed by atoms with Crippen LogP contribution >= 0.6 is 0 Å². The minimum atomic E-state index is -0.245. The lowest BCUT2D eigenvalue weighted by Crippen LogP contribution is -2.36. The molecule has 2 aliphatic rings. The summed E-state index contributed by atoms with van der Waals surface area (Å²) in [5.41, 5.74) is 1.65. The van der Waals surface area contributed by atoms with E-state index < -0.39 is 0 Å². The summed E-state index contributed by atoms with van der Waals surface area (Å²) in [5, 5.41) is 0.932. The summed E-state index contributed by atoms with van der Waals surface area (Å²) >= 11 is 0. The van der Waals surface area contributed by atoms with Crippen molar-refractivity contribution in [1.29, 1.82) is 0 Å². The Balaban J connectivity index is 1.39. The van der Waals surface area contributed by atoms with Gasteiger partial charge in [-0.1, -0.05) is 31.5 Å². The molecule has 0 radical (unpaired) electrons. The monoisotopic (exact) mass is 356 g/mol. The first-order valence-corrected chi connectivity index (χ1v) is 9.91. The lowest BCUT2D eigenvalue weighted by Gasteiger charge is -2.31. The zero-order valence-electron chi connectivity index (χ0n) is 15.6. The molecule has 2 aromatic rings. The normalized spacial score (nSPS) is 18.0. The summed E-state index contributed by atoms with van der Waals surface area (Å²) in [6, 6.07) is 7.97. The van der Waals surface area contributed by atoms with E-state index in [4.69, 9.17) is 9.47 Å². The molecule has 0 bridgehead atoms. The Morgan fingerprint density at radius 2 is 2.04 bits per heavy atom. The van der Waals surface area contributed by atoms with Gasteiger partial charge in [0, 0.05) is 5.39 Å². The zero-order valence-corrected chi connectivity index (χ0v) is 15.6. The second kappa shape index (κ2) is 7.70. The predicted octanol–water partition coefficient (Wildman–Crippen LogP) is 3.70. The van der Waals surface area contributed by atoms with Crippen molar-refractivity contribution in [2.45, 2.75) is 39.2 Å². The highest BCUT2D eigenvalue weighted by atomic mass is 16.5. The summed E-state index contributed by atoms with van der Waals surface area (Å²) < 4.78 is 13.5. The molecule has 0 spiro atoms. The molecule has 0 N–H and O–H groups in total. The molecule has 0 aliphatic carbocycles. The number of piperidine rings is 1. The first-order chi connectivity index (χ1) is 12.8. The van der Waals surface area contributed by atoms with E-state index in [2.05, 4.69) is 16.4 Å². The number of para-hydroxylation sites is 1. The van der Waals surface area contributed by atoms with Gasteiger partial charge in [0.2, 0.25) is 5.88 Å². The van der Waals surface area contributed by atoms with Gasteiger partial charge in [0.1, 0.15) is 12.2 Å².